The van der Waals surface area contributed by atoms with Gasteiger partial charge in [-0.3, -0.25) is 4.79 Å². The van der Waals surface area contributed by atoms with E-state index in [-0.39, 0.29) is 5.91 Å². The summed E-state index contributed by atoms with van der Waals surface area (Å²) in [6.07, 6.45) is 1.76. The lowest BCUT2D eigenvalue weighted by Crippen LogP contribution is -2.14. The third kappa shape index (κ3) is 3.27. The Bertz CT molecular complexity index is 1100. The highest BCUT2D eigenvalue weighted by Crippen LogP contribution is 2.34. The van der Waals surface area contributed by atoms with Crippen LogP contribution in [0.5, 0.6) is 5.75 Å². The Balaban J connectivity index is 1.69. The topological polar surface area (TPSA) is 64.1 Å². The molecule has 1 N–H and O–H groups in total. The fourth-order valence-corrected chi connectivity index (χ4v) is 3.90. The van der Waals surface area contributed by atoms with Crippen LogP contribution in [0.2, 0.25) is 0 Å². The van der Waals surface area contributed by atoms with Crippen LogP contribution >= 0.6 is 11.3 Å². The van der Waals surface area contributed by atoms with E-state index in [1.165, 1.54) is 11.3 Å². The van der Waals surface area contributed by atoms with Gasteiger partial charge in [0.25, 0.3) is 5.91 Å². The van der Waals surface area contributed by atoms with Crippen LogP contribution < -0.4 is 10.1 Å². The molecule has 0 spiro atoms. The van der Waals surface area contributed by atoms with Gasteiger partial charge in [-0.25, -0.2) is 9.97 Å². The van der Waals surface area contributed by atoms with Crippen molar-refractivity contribution in [2.24, 2.45) is 0 Å². The number of thiazole rings is 1. The number of hydrogen-bond donors (Lipinski definition) is 1. The third-order valence-electron chi connectivity index (χ3n) is 4.33. The second-order valence-electron chi connectivity index (χ2n) is 5.98. The van der Waals surface area contributed by atoms with E-state index in [0.29, 0.717) is 11.3 Å². The van der Waals surface area contributed by atoms with Gasteiger partial charge in [-0.05, 0) is 42.8 Å². The first-order chi connectivity index (χ1) is 13.2. The molecule has 4 rings (SSSR count). The van der Waals surface area contributed by atoms with Crippen LogP contribution in [0.25, 0.3) is 20.9 Å². The van der Waals surface area contributed by atoms with Crippen molar-refractivity contribution < 1.29 is 9.53 Å². The molecule has 2 heterocycles. The maximum atomic E-state index is 12.7. The number of fused-ring (bicyclic) bond motifs is 1. The SMILES string of the molecule is COc1ccccc1C(=O)Nc1cccc(-c2nc3cccnc3s2)c1C. The number of nitrogens with one attached hydrogen (secondary N) is 1. The molecule has 2 aromatic heterocycles. The number of anilines is 1. The number of hydrogen-bond acceptors (Lipinski definition) is 5. The maximum Gasteiger partial charge on any atom is 0.259 e. The number of methoxy groups -OCH3 is 1. The summed E-state index contributed by atoms with van der Waals surface area (Å²) in [7, 11) is 1.55. The van der Waals surface area contributed by atoms with Crippen molar-refractivity contribution >= 4 is 33.3 Å². The molecule has 0 aliphatic carbocycles. The Morgan fingerprint density at radius 3 is 2.74 bits per heavy atom. The summed E-state index contributed by atoms with van der Waals surface area (Å²) in [6.45, 7) is 1.98. The molecule has 5 nitrogen and oxygen atoms in total. The van der Waals surface area contributed by atoms with Crippen molar-refractivity contribution in [3.05, 3.63) is 71.9 Å². The Morgan fingerprint density at radius 2 is 1.93 bits per heavy atom. The van der Waals surface area contributed by atoms with Crippen molar-refractivity contribution in [3.8, 4) is 16.3 Å². The van der Waals surface area contributed by atoms with E-state index in [9.17, 15) is 4.79 Å². The zero-order valence-electron chi connectivity index (χ0n) is 14.9. The van der Waals surface area contributed by atoms with E-state index < -0.39 is 0 Å². The van der Waals surface area contributed by atoms with Crippen LogP contribution in [0.3, 0.4) is 0 Å². The first-order valence-electron chi connectivity index (χ1n) is 8.43. The standard InChI is InChI=1S/C21H17N3O2S/c1-13-14(20-24-17-10-6-12-22-21(17)27-20)8-5-9-16(13)23-19(25)15-7-3-4-11-18(15)26-2/h3-12H,1-2H3,(H,23,25). The Labute approximate surface area is 160 Å². The van der Waals surface area contributed by atoms with Gasteiger partial charge in [0.05, 0.1) is 12.7 Å². The predicted molar refractivity (Wildman–Crippen MR) is 109 cm³/mol. The van der Waals surface area contributed by atoms with E-state index >= 15 is 0 Å². The fourth-order valence-electron chi connectivity index (χ4n) is 2.91. The highest BCUT2D eigenvalue weighted by molar-refractivity contribution is 7.21. The number of para-hydroxylation sites is 1. The number of carbonyl (C=O) groups is 1. The molecule has 0 unspecified atom stereocenters. The normalized spacial score (nSPS) is 10.7. The van der Waals surface area contributed by atoms with Crippen molar-refractivity contribution in [1.82, 2.24) is 9.97 Å². The van der Waals surface area contributed by atoms with Gasteiger partial charge < -0.3 is 10.1 Å². The van der Waals surface area contributed by atoms with Crippen molar-refractivity contribution in [3.63, 3.8) is 0 Å². The first-order valence-corrected chi connectivity index (χ1v) is 9.25. The number of aromatic nitrogens is 2. The molecule has 1 amide bonds. The quantitative estimate of drug-likeness (QED) is 0.549. The summed E-state index contributed by atoms with van der Waals surface area (Å²) in [4.78, 5) is 22.7. The van der Waals surface area contributed by atoms with E-state index in [2.05, 4.69) is 15.3 Å². The highest BCUT2D eigenvalue weighted by atomic mass is 32.1. The summed E-state index contributed by atoms with van der Waals surface area (Å²) >= 11 is 1.54. The van der Waals surface area contributed by atoms with Crippen LogP contribution in [-0.2, 0) is 0 Å². The van der Waals surface area contributed by atoms with E-state index in [1.807, 2.05) is 49.4 Å². The zero-order chi connectivity index (χ0) is 18.8. The van der Waals surface area contributed by atoms with Crippen LogP contribution in [0, 0.1) is 6.92 Å². The van der Waals surface area contributed by atoms with Gasteiger partial charge in [0, 0.05) is 17.4 Å². The summed E-state index contributed by atoms with van der Waals surface area (Å²) < 4.78 is 5.29. The lowest BCUT2D eigenvalue weighted by molar-refractivity contribution is 0.102. The number of rotatable bonds is 4. The number of benzene rings is 2. The van der Waals surface area contributed by atoms with Gasteiger partial charge in [0.15, 0.2) is 0 Å². The minimum absolute atomic E-state index is 0.210. The molecule has 0 saturated carbocycles. The van der Waals surface area contributed by atoms with Crippen LogP contribution in [-0.4, -0.2) is 23.0 Å². The molecule has 4 aromatic rings. The summed E-state index contributed by atoms with van der Waals surface area (Å²) in [5.74, 6) is 0.333. The van der Waals surface area contributed by atoms with Gasteiger partial charge in [-0.15, -0.1) is 0 Å². The number of pyridine rings is 1. The van der Waals surface area contributed by atoms with Crippen molar-refractivity contribution in [2.75, 3.05) is 12.4 Å². The molecular formula is C21H17N3O2S. The van der Waals surface area contributed by atoms with E-state index in [0.717, 1.165) is 32.2 Å². The van der Waals surface area contributed by atoms with Crippen molar-refractivity contribution in [2.45, 2.75) is 6.92 Å². The predicted octanol–water partition coefficient (Wildman–Crippen LogP) is 4.93. The van der Waals surface area contributed by atoms with E-state index in [1.54, 1.807) is 25.4 Å². The molecule has 6 heteroatoms. The second kappa shape index (κ2) is 7.17. The molecule has 2 aromatic carbocycles. The average molecular weight is 375 g/mol. The number of amides is 1. The summed E-state index contributed by atoms with van der Waals surface area (Å²) in [6, 6.07) is 16.8. The van der Waals surface area contributed by atoms with E-state index in [4.69, 9.17) is 4.74 Å². The monoisotopic (exact) mass is 375 g/mol. The lowest BCUT2D eigenvalue weighted by atomic mass is 10.1. The number of ether oxygens (including phenoxy) is 1. The van der Waals surface area contributed by atoms with Crippen LogP contribution in [0.1, 0.15) is 15.9 Å². The van der Waals surface area contributed by atoms with Crippen LogP contribution in [0.15, 0.2) is 60.8 Å². The van der Waals surface area contributed by atoms with Gasteiger partial charge in [-0.1, -0.05) is 35.6 Å². The number of carbonyl (C=O) groups excluding carboxylic acids is 1. The van der Waals surface area contributed by atoms with Gasteiger partial charge in [-0.2, -0.15) is 0 Å². The number of nitrogens with zero attached hydrogens (tertiary/aromatic N) is 2. The molecule has 0 saturated heterocycles. The molecule has 0 aliphatic rings. The molecule has 0 aliphatic heterocycles. The van der Waals surface area contributed by atoms with Crippen LogP contribution in [0.4, 0.5) is 5.69 Å². The largest absolute Gasteiger partial charge is 0.496 e. The lowest BCUT2D eigenvalue weighted by Gasteiger charge is -2.13. The molecule has 0 fully saturated rings. The first kappa shape index (κ1) is 17.2. The second-order valence-corrected chi connectivity index (χ2v) is 6.96. The maximum absolute atomic E-state index is 12.7. The molecule has 0 radical (unpaired) electrons. The summed E-state index contributed by atoms with van der Waals surface area (Å²) in [5, 5.41) is 3.87. The Kier molecular flexibility index (Phi) is 4.56. The Hall–Kier alpha value is -3.25. The van der Waals surface area contributed by atoms with Gasteiger partial charge >= 0.3 is 0 Å². The van der Waals surface area contributed by atoms with Gasteiger partial charge in [0.2, 0.25) is 0 Å². The Morgan fingerprint density at radius 1 is 1.07 bits per heavy atom. The minimum Gasteiger partial charge on any atom is -0.496 e. The molecule has 27 heavy (non-hydrogen) atoms. The highest BCUT2D eigenvalue weighted by Gasteiger charge is 2.15. The smallest absolute Gasteiger partial charge is 0.259 e. The summed E-state index contributed by atoms with van der Waals surface area (Å²) in [5.41, 5.74) is 4.06. The molecule has 0 bridgehead atoms. The molecule has 0 atom stereocenters. The average Bonchev–Trinajstić information content (AvgIpc) is 3.13. The fraction of sp³-hybridized carbons (Fsp3) is 0.0952. The molecular weight excluding hydrogens is 358 g/mol. The van der Waals surface area contributed by atoms with Gasteiger partial charge in [0.1, 0.15) is 21.1 Å². The minimum atomic E-state index is -0.210. The third-order valence-corrected chi connectivity index (χ3v) is 5.34. The molecule has 134 valence electrons. The van der Waals surface area contributed by atoms with Crippen molar-refractivity contribution in [1.29, 1.82) is 0 Å². The zero-order valence-corrected chi connectivity index (χ0v) is 15.7.